The van der Waals surface area contributed by atoms with Crippen molar-refractivity contribution in [1.29, 1.82) is 0 Å². The maximum Gasteiger partial charge on any atom is 0.308 e. The van der Waals surface area contributed by atoms with Crippen LogP contribution in [0.4, 0.5) is 0 Å². The van der Waals surface area contributed by atoms with E-state index >= 15 is 0 Å². The SMILES string of the molecule is CC(=O)Oc1c(/C=C/C=O)cc(C)c2ccccc12. The molecule has 0 aromatic heterocycles. The van der Waals surface area contributed by atoms with E-state index in [9.17, 15) is 9.59 Å². The molecule has 19 heavy (non-hydrogen) atoms. The van der Waals surface area contributed by atoms with E-state index in [4.69, 9.17) is 4.74 Å². The molecule has 0 fully saturated rings. The first kappa shape index (κ1) is 13.0. The number of aryl methyl sites for hydroxylation is 1. The van der Waals surface area contributed by atoms with Crippen LogP contribution in [0.5, 0.6) is 5.75 Å². The second-order valence-electron chi connectivity index (χ2n) is 4.25. The van der Waals surface area contributed by atoms with Gasteiger partial charge in [-0.25, -0.2) is 0 Å². The molecule has 96 valence electrons. The average molecular weight is 254 g/mol. The molecule has 0 N–H and O–H groups in total. The van der Waals surface area contributed by atoms with Gasteiger partial charge in [0.2, 0.25) is 0 Å². The molecule has 0 aliphatic heterocycles. The Kier molecular flexibility index (Phi) is 3.76. The third-order valence-corrected chi connectivity index (χ3v) is 2.83. The van der Waals surface area contributed by atoms with E-state index in [-0.39, 0.29) is 5.97 Å². The Hall–Kier alpha value is -2.42. The van der Waals surface area contributed by atoms with Crippen LogP contribution in [0.1, 0.15) is 18.1 Å². The molecule has 3 nitrogen and oxygen atoms in total. The summed E-state index contributed by atoms with van der Waals surface area (Å²) in [5.41, 5.74) is 1.79. The fourth-order valence-electron chi connectivity index (χ4n) is 2.08. The summed E-state index contributed by atoms with van der Waals surface area (Å²) in [6.45, 7) is 3.35. The average Bonchev–Trinajstić information content (AvgIpc) is 2.40. The summed E-state index contributed by atoms with van der Waals surface area (Å²) in [6, 6.07) is 9.61. The van der Waals surface area contributed by atoms with Gasteiger partial charge in [-0.15, -0.1) is 0 Å². The number of allylic oxidation sites excluding steroid dienone is 1. The molecule has 0 saturated heterocycles. The summed E-state index contributed by atoms with van der Waals surface area (Å²) in [4.78, 5) is 21.7. The highest BCUT2D eigenvalue weighted by atomic mass is 16.5. The van der Waals surface area contributed by atoms with Crippen LogP contribution >= 0.6 is 0 Å². The Morgan fingerprint density at radius 2 is 1.89 bits per heavy atom. The molecule has 0 spiro atoms. The normalized spacial score (nSPS) is 10.8. The summed E-state index contributed by atoms with van der Waals surface area (Å²) >= 11 is 0. The molecule has 2 aromatic rings. The number of aldehydes is 1. The van der Waals surface area contributed by atoms with E-state index in [1.165, 1.54) is 13.0 Å². The second-order valence-corrected chi connectivity index (χ2v) is 4.25. The number of carbonyl (C=O) groups excluding carboxylic acids is 2. The molecule has 0 unspecified atom stereocenters. The van der Waals surface area contributed by atoms with E-state index in [0.29, 0.717) is 12.0 Å². The van der Waals surface area contributed by atoms with Crippen LogP contribution in [0.2, 0.25) is 0 Å². The van der Waals surface area contributed by atoms with Gasteiger partial charge >= 0.3 is 5.97 Å². The van der Waals surface area contributed by atoms with Crippen molar-refractivity contribution in [1.82, 2.24) is 0 Å². The smallest absolute Gasteiger partial charge is 0.308 e. The van der Waals surface area contributed by atoms with Gasteiger partial charge in [0.05, 0.1) is 0 Å². The fraction of sp³-hybridized carbons (Fsp3) is 0.125. The number of hydrogen-bond donors (Lipinski definition) is 0. The predicted molar refractivity (Wildman–Crippen MR) is 75.1 cm³/mol. The molecular weight excluding hydrogens is 240 g/mol. The van der Waals surface area contributed by atoms with E-state index < -0.39 is 0 Å². The topological polar surface area (TPSA) is 43.4 Å². The maximum atomic E-state index is 11.3. The van der Waals surface area contributed by atoms with Crippen molar-refractivity contribution in [3.8, 4) is 5.75 Å². The summed E-state index contributed by atoms with van der Waals surface area (Å²) in [5.74, 6) is 0.113. The molecule has 0 saturated carbocycles. The Morgan fingerprint density at radius 1 is 1.21 bits per heavy atom. The Labute approximate surface area is 111 Å². The van der Waals surface area contributed by atoms with Gasteiger partial charge in [-0.2, -0.15) is 0 Å². The van der Waals surface area contributed by atoms with Crippen LogP contribution in [-0.4, -0.2) is 12.3 Å². The fourth-order valence-corrected chi connectivity index (χ4v) is 2.08. The first-order valence-corrected chi connectivity index (χ1v) is 5.96. The largest absolute Gasteiger partial charge is 0.425 e. The monoisotopic (exact) mass is 254 g/mol. The Balaban J connectivity index is 2.75. The third kappa shape index (κ3) is 2.71. The Bertz CT molecular complexity index is 669. The van der Waals surface area contributed by atoms with Gasteiger partial charge in [-0.3, -0.25) is 9.59 Å². The standard InChI is InChI=1S/C16H14O3/c1-11-10-13(6-5-9-17)16(19-12(2)18)15-8-4-3-7-14(11)15/h3-10H,1-2H3/b6-5+. The van der Waals surface area contributed by atoms with Crippen molar-refractivity contribution in [3.63, 3.8) is 0 Å². The second kappa shape index (κ2) is 5.48. The lowest BCUT2D eigenvalue weighted by molar-refractivity contribution is -0.131. The summed E-state index contributed by atoms with van der Waals surface area (Å²) in [5, 5.41) is 1.89. The number of benzene rings is 2. The Morgan fingerprint density at radius 3 is 2.53 bits per heavy atom. The summed E-state index contributed by atoms with van der Waals surface area (Å²) in [7, 11) is 0. The molecule has 2 rings (SSSR count). The minimum Gasteiger partial charge on any atom is -0.425 e. The van der Waals surface area contributed by atoms with Crippen LogP contribution in [0, 0.1) is 6.92 Å². The number of ether oxygens (including phenoxy) is 1. The molecule has 0 atom stereocenters. The van der Waals surface area contributed by atoms with Gasteiger partial charge < -0.3 is 4.74 Å². The van der Waals surface area contributed by atoms with Gasteiger partial charge in [0.1, 0.15) is 12.0 Å². The van der Waals surface area contributed by atoms with Gasteiger partial charge in [0, 0.05) is 17.9 Å². The predicted octanol–water partition coefficient (Wildman–Crippen LogP) is 3.29. The lowest BCUT2D eigenvalue weighted by Crippen LogP contribution is -2.04. The zero-order valence-electron chi connectivity index (χ0n) is 10.8. The van der Waals surface area contributed by atoms with Crippen LogP contribution in [0.15, 0.2) is 36.4 Å². The number of esters is 1. The van der Waals surface area contributed by atoms with Gasteiger partial charge in [0.25, 0.3) is 0 Å². The van der Waals surface area contributed by atoms with Crippen molar-refractivity contribution in [3.05, 3.63) is 47.5 Å². The first-order chi connectivity index (χ1) is 9.13. The van der Waals surface area contributed by atoms with Crippen molar-refractivity contribution >= 4 is 29.1 Å². The van der Waals surface area contributed by atoms with Crippen LogP contribution in [0.25, 0.3) is 16.8 Å². The molecule has 2 aromatic carbocycles. The number of carbonyl (C=O) groups is 2. The van der Waals surface area contributed by atoms with Crippen molar-refractivity contribution in [2.24, 2.45) is 0 Å². The van der Waals surface area contributed by atoms with Crippen molar-refractivity contribution in [2.75, 3.05) is 0 Å². The summed E-state index contributed by atoms with van der Waals surface area (Å²) in [6.07, 6.45) is 3.73. The van der Waals surface area contributed by atoms with E-state index in [2.05, 4.69) is 0 Å². The van der Waals surface area contributed by atoms with E-state index in [1.54, 1.807) is 6.08 Å². The van der Waals surface area contributed by atoms with Crippen molar-refractivity contribution in [2.45, 2.75) is 13.8 Å². The highest BCUT2D eigenvalue weighted by Gasteiger charge is 2.11. The third-order valence-electron chi connectivity index (χ3n) is 2.83. The molecule has 0 heterocycles. The van der Waals surface area contributed by atoms with Crippen LogP contribution < -0.4 is 4.74 Å². The van der Waals surface area contributed by atoms with E-state index in [1.807, 2.05) is 37.3 Å². The maximum absolute atomic E-state index is 11.3. The lowest BCUT2D eigenvalue weighted by atomic mass is 10.00. The molecule has 3 heteroatoms. The lowest BCUT2D eigenvalue weighted by Gasteiger charge is -2.12. The number of hydrogen-bond acceptors (Lipinski definition) is 3. The van der Waals surface area contributed by atoms with Gasteiger partial charge in [0.15, 0.2) is 0 Å². The molecule has 0 aliphatic rings. The van der Waals surface area contributed by atoms with E-state index in [0.717, 1.165) is 21.9 Å². The minimum atomic E-state index is -0.380. The van der Waals surface area contributed by atoms with Crippen molar-refractivity contribution < 1.29 is 14.3 Å². The molecule has 0 bridgehead atoms. The quantitative estimate of drug-likeness (QED) is 0.365. The highest BCUT2D eigenvalue weighted by Crippen LogP contribution is 2.33. The minimum absolute atomic E-state index is 0.380. The zero-order valence-corrected chi connectivity index (χ0v) is 10.8. The highest BCUT2D eigenvalue weighted by molar-refractivity contribution is 5.96. The molecule has 0 amide bonds. The number of rotatable bonds is 3. The zero-order chi connectivity index (χ0) is 13.8. The van der Waals surface area contributed by atoms with Gasteiger partial charge in [-0.1, -0.05) is 24.3 Å². The molecule has 0 radical (unpaired) electrons. The summed E-state index contributed by atoms with van der Waals surface area (Å²) < 4.78 is 5.30. The van der Waals surface area contributed by atoms with Gasteiger partial charge in [-0.05, 0) is 36.1 Å². The first-order valence-electron chi connectivity index (χ1n) is 5.96. The van der Waals surface area contributed by atoms with Crippen LogP contribution in [-0.2, 0) is 9.59 Å². The van der Waals surface area contributed by atoms with Crippen LogP contribution in [0.3, 0.4) is 0 Å². The molecular formula is C16H14O3. The molecule has 0 aliphatic carbocycles. The number of fused-ring (bicyclic) bond motifs is 1.